The van der Waals surface area contributed by atoms with E-state index in [-0.39, 0.29) is 19.3 Å². The Labute approximate surface area is 96.7 Å². The van der Waals surface area contributed by atoms with Gasteiger partial charge in [-0.3, -0.25) is 0 Å². The van der Waals surface area contributed by atoms with Gasteiger partial charge in [0.2, 0.25) is 0 Å². The van der Waals surface area contributed by atoms with Crippen LogP contribution in [0.2, 0.25) is 0 Å². The molecule has 2 N–H and O–H groups in total. The fourth-order valence-corrected chi connectivity index (χ4v) is 1.50. The molecule has 0 fully saturated rings. The molecule has 16 heavy (non-hydrogen) atoms. The minimum atomic E-state index is -0.119. The Morgan fingerprint density at radius 3 is 2.44 bits per heavy atom. The second kappa shape index (κ2) is 8.28. The van der Waals surface area contributed by atoms with Gasteiger partial charge >= 0.3 is 0 Å². The first-order valence-corrected chi connectivity index (χ1v) is 5.74. The summed E-state index contributed by atoms with van der Waals surface area (Å²) in [7, 11) is 0. The van der Waals surface area contributed by atoms with Crippen molar-refractivity contribution in [1.82, 2.24) is 0 Å². The fourth-order valence-electron chi connectivity index (χ4n) is 1.50. The number of hydrogen-bond donors (Lipinski definition) is 2. The number of aliphatic hydroxyl groups is 2. The summed E-state index contributed by atoms with van der Waals surface area (Å²) in [6.45, 7) is 0.778. The van der Waals surface area contributed by atoms with Crippen molar-refractivity contribution in [3.8, 4) is 0 Å². The van der Waals surface area contributed by atoms with Crippen LogP contribution >= 0.6 is 0 Å². The van der Waals surface area contributed by atoms with Crippen LogP contribution in [0.15, 0.2) is 30.3 Å². The van der Waals surface area contributed by atoms with Crippen LogP contribution in [0.1, 0.15) is 24.8 Å². The van der Waals surface area contributed by atoms with Crippen LogP contribution in [0.5, 0.6) is 0 Å². The van der Waals surface area contributed by atoms with E-state index in [4.69, 9.17) is 14.9 Å². The average molecular weight is 224 g/mol. The van der Waals surface area contributed by atoms with Crippen LogP contribution in [0.4, 0.5) is 0 Å². The van der Waals surface area contributed by atoms with E-state index in [1.54, 1.807) is 0 Å². The molecule has 0 saturated carbocycles. The zero-order valence-corrected chi connectivity index (χ0v) is 9.51. The highest BCUT2D eigenvalue weighted by molar-refractivity contribution is 5.13. The molecule has 1 aromatic rings. The lowest BCUT2D eigenvalue weighted by atomic mass is 10.1. The molecule has 0 amide bonds. The summed E-state index contributed by atoms with van der Waals surface area (Å²) in [5.41, 5.74) is 1.11. The van der Waals surface area contributed by atoms with Gasteiger partial charge in [0.1, 0.15) is 0 Å². The lowest BCUT2D eigenvalue weighted by molar-refractivity contribution is -0.00392. The van der Waals surface area contributed by atoms with Gasteiger partial charge < -0.3 is 14.9 Å². The summed E-state index contributed by atoms with van der Waals surface area (Å²) < 4.78 is 5.59. The highest BCUT2D eigenvalue weighted by Gasteiger charge is 2.07. The lowest BCUT2D eigenvalue weighted by Crippen LogP contribution is -2.17. The molecule has 0 spiro atoms. The summed E-state index contributed by atoms with van der Waals surface area (Å²) in [6.07, 6.45) is 2.33. The molecule has 1 aromatic carbocycles. The molecule has 0 aliphatic heterocycles. The van der Waals surface area contributed by atoms with E-state index in [9.17, 15) is 0 Å². The van der Waals surface area contributed by atoms with Crippen molar-refractivity contribution in [3.63, 3.8) is 0 Å². The molecular formula is C13H20O3. The predicted molar refractivity (Wildman–Crippen MR) is 63.0 cm³/mol. The van der Waals surface area contributed by atoms with Crippen molar-refractivity contribution in [2.75, 3.05) is 13.2 Å². The number of aliphatic hydroxyl groups excluding tert-OH is 2. The first-order valence-electron chi connectivity index (χ1n) is 5.74. The van der Waals surface area contributed by atoms with Crippen molar-refractivity contribution in [2.24, 2.45) is 0 Å². The Kier molecular flexibility index (Phi) is 6.81. The molecule has 0 aliphatic rings. The highest BCUT2D eigenvalue weighted by Crippen LogP contribution is 2.08. The largest absolute Gasteiger partial charge is 0.396 e. The Hall–Kier alpha value is -0.900. The summed E-state index contributed by atoms with van der Waals surface area (Å²) in [5, 5.41) is 17.8. The maximum Gasteiger partial charge on any atom is 0.0810 e. The van der Waals surface area contributed by atoms with E-state index in [0.29, 0.717) is 6.61 Å². The first-order chi connectivity index (χ1) is 7.86. The summed E-state index contributed by atoms with van der Waals surface area (Å²) in [4.78, 5) is 0. The van der Waals surface area contributed by atoms with Crippen LogP contribution in [-0.2, 0) is 11.3 Å². The summed E-state index contributed by atoms with van der Waals surface area (Å²) in [5.74, 6) is 0. The van der Waals surface area contributed by atoms with Gasteiger partial charge in [-0.15, -0.1) is 0 Å². The Morgan fingerprint density at radius 2 is 1.81 bits per heavy atom. The van der Waals surface area contributed by atoms with Gasteiger partial charge in [-0.1, -0.05) is 30.3 Å². The normalized spacial score (nSPS) is 12.6. The standard InChI is InChI=1S/C13H20O3/c14-9-5-4-8-13(10-15)16-11-12-6-2-1-3-7-12/h1-3,6-7,13-15H,4-5,8-11H2. The predicted octanol–water partition coefficient (Wildman–Crippen LogP) is 1.73. The molecule has 0 radical (unpaired) electrons. The van der Waals surface area contributed by atoms with Gasteiger partial charge in [0.05, 0.1) is 19.3 Å². The number of hydrogen-bond acceptors (Lipinski definition) is 3. The molecule has 3 heteroatoms. The Bertz CT molecular complexity index is 261. The molecule has 90 valence electrons. The number of ether oxygens (including phenoxy) is 1. The molecule has 0 aliphatic carbocycles. The van der Waals surface area contributed by atoms with Gasteiger partial charge in [-0.05, 0) is 24.8 Å². The average Bonchev–Trinajstić information content (AvgIpc) is 2.35. The molecule has 0 bridgehead atoms. The fraction of sp³-hybridized carbons (Fsp3) is 0.538. The van der Waals surface area contributed by atoms with Crippen molar-refractivity contribution in [3.05, 3.63) is 35.9 Å². The van der Waals surface area contributed by atoms with E-state index >= 15 is 0 Å². The van der Waals surface area contributed by atoms with Gasteiger partial charge in [-0.25, -0.2) is 0 Å². The van der Waals surface area contributed by atoms with E-state index < -0.39 is 0 Å². The number of benzene rings is 1. The van der Waals surface area contributed by atoms with Gasteiger partial charge in [-0.2, -0.15) is 0 Å². The maximum atomic E-state index is 9.12. The van der Waals surface area contributed by atoms with Crippen LogP contribution in [0, 0.1) is 0 Å². The second-order valence-corrected chi connectivity index (χ2v) is 3.82. The van der Waals surface area contributed by atoms with E-state index in [2.05, 4.69) is 0 Å². The third kappa shape index (κ3) is 5.26. The van der Waals surface area contributed by atoms with Crippen LogP contribution in [0.25, 0.3) is 0 Å². The third-order valence-electron chi connectivity index (χ3n) is 2.47. The number of unbranched alkanes of at least 4 members (excludes halogenated alkanes) is 1. The molecule has 1 atom stereocenters. The quantitative estimate of drug-likeness (QED) is 0.661. The van der Waals surface area contributed by atoms with Crippen LogP contribution < -0.4 is 0 Å². The minimum Gasteiger partial charge on any atom is -0.396 e. The molecular weight excluding hydrogens is 204 g/mol. The second-order valence-electron chi connectivity index (χ2n) is 3.82. The molecule has 1 unspecified atom stereocenters. The number of rotatable bonds is 8. The third-order valence-corrected chi connectivity index (χ3v) is 2.47. The van der Waals surface area contributed by atoms with Crippen molar-refractivity contribution in [2.45, 2.75) is 32.0 Å². The molecule has 3 nitrogen and oxygen atoms in total. The molecule has 0 saturated heterocycles. The first kappa shape index (κ1) is 13.2. The SMILES string of the molecule is OCCCCC(CO)OCc1ccccc1. The molecule has 1 rings (SSSR count). The monoisotopic (exact) mass is 224 g/mol. The summed E-state index contributed by atoms with van der Waals surface area (Å²) >= 11 is 0. The highest BCUT2D eigenvalue weighted by atomic mass is 16.5. The van der Waals surface area contributed by atoms with Gasteiger partial charge in [0, 0.05) is 6.61 Å². The zero-order valence-electron chi connectivity index (χ0n) is 9.51. The van der Waals surface area contributed by atoms with E-state index in [0.717, 1.165) is 24.8 Å². The summed E-state index contributed by atoms with van der Waals surface area (Å²) in [6, 6.07) is 9.91. The van der Waals surface area contributed by atoms with Crippen molar-refractivity contribution < 1.29 is 14.9 Å². The molecule has 0 aromatic heterocycles. The van der Waals surface area contributed by atoms with Gasteiger partial charge in [0.25, 0.3) is 0 Å². The van der Waals surface area contributed by atoms with Gasteiger partial charge in [0.15, 0.2) is 0 Å². The van der Waals surface area contributed by atoms with E-state index in [1.165, 1.54) is 0 Å². The zero-order chi connectivity index (χ0) is 11.6. The topological polar surface area (TPSA) is 49.7 Å². The van der Waals surface area contributed by atoms with E-state index in [1.807, 2.05) is 30.3 Å². The van der Waals surface area contributed by atoms with Crippen LogP contribution in [0.3, 0.4) is 0 Å². The Morgan fingerprint density at radius 1 is 1.06 bits per heavy atom. The van der Waals surface area contributed by atoms with Crippen molar-refractivity contribution >= 4 is 0 Å². The minimum absolute atomic E-state index is 0.0399. The smallest absolute Gasteiger partial charge is 0.0810 e. The van der Waals surface area contributed by atoms with Crippen LogP contribution in [-0.4, -0.2) is 29.5 Å². The Balaban J connectivity index is 2.23. The van der Waals surface area contributed by atoms with Crippen molar-refractivity contribution in [1.29, 1.82) is 0 Å². The molecule has 0 heterocycles. The lowest BCUT2D eigenvalue weighted by Gasteiger charge is -2.15. The maximum absolute atomic E-state index is 9.12.